The predicted octanol–water partition coefficient (Wildman–Crippen LogP) is 2.44. The summed E-state index contributed by atoms with van der Waals surface area (Å²) < 4.78 is 0.468. The predicted molar refractivity (Wildman–Crippen MR) is 67.6 cm³/mol. The van der Waals surface area contributed by atoms with Gasteiger partial charge in [0.1, 0.15) is 10.3 Å². The fourth-order valence-corrected chi connectivity index (χ4v) is 2.17. The molecule has 86 valence electrons. The van der Waals surface area contributed by atoms with Crippen LogP contribution in [0.2, 0.25) is 0 Å². The number of nitrogens with one attached hydrogen (secondary N) is 2. The number of anilines is 1. The maximum absolute atomic E-state index is 11.3. The minimum absolute atomic E-state index is 0.155. The Labute approximate surface area is 102 Å². The maximum Gasteiger partial charge on any atom is 0.267 e. The normalized spacial score (nSPS) is 14.9. The van der Waals surface area contributed by atoms with Gasteiger partial charge in [0, 0.05) is 6.54 Å². The van der Waals surface area contributed by atoms with Crippen molar-refractivity contribution in [2.75, 3.05) is 11.9 Å². The third kappa shape index (κ3) is 2.72. The first-order valence-corrected chi connectivity index (χ1v) is 6.21. The summed E-state index contributed by atoms with van der Waals surface area (Å²) in [6, 6.07) is 0. The average molecular weight is 284 g/mol. The molecule has 0 fully saturated rings. The molecule has 1 aromatic heterocycles. The van der Waals surface area contributed by atoms with Crippen molar-refractivity contribution in [1.82, 2.24) is 9.97 Å². The molecule has 4 nitrogen and oxygen atoms in total. The van der Waals surface area contributed by atoms with E-state index in [0.29, 0.717) is 10.3 Å². The molecule has 0 atom stereocenters. The summed E-state index contributed by atoms with van der Waals surface area (Å²) in [6.45, 7) is 0.820. The van der Waals surface area contributed by atoms with Crippen LogP contribution in [-0.2, 0) is 0 Å². The van der Waals surface area contributed by atoms with Crippen molar-refractivity contribution < 1.29 is 0 Å². The van der Waals surface area contributed by atoms with Crippen molar-refractivity contribution in [2.45, 2.75) is 25.7 Å². The molecule has 0 spiro atoms. The third-order valence-corrected chi connectivity index (χ3v) is 3.41. The Morgan fingerprint density at radius 3 is 3.19 bits per heavy atom. The molecule has 0 saturated carbocycles. The minimum Gasteiger partial charge on any atom is -0.369 e. The fourth-order valence-electron chi connectivity index (χ4n) is 1.81. The number of H-pyrrole nitrogens is 1. The standard InChI is InChI=1S/C11H14BrN3O/c12-9-10(14-7-15-11(9)16)13-6-5-8-3-1-2-4-8/h3,7H,1-2,4-6H2,(H2,13,14,15,16). The van der Waals surface area contributed by atoms with Crippen molar-refractivity contribution in [3.05, 3.63) is 32.8 Å². The highest BCUT2D eigenvalue weighted by Crippen LogP contribution is 2.21. The smallest absolute Gasteiger partial charge is 0.267 e. The summed E-state index contributed by atoms with van der Waals surface area (Å²) in [4.78, 5) is 17.8. The van der Waals surface area contributed by atoms with Gasteiger partial charge >= 0.3 is 0 Å². The molecule has 1 aliphatic rings. The number of hydrogen-bond donors (Lipinski definition) is 2. The van der Waals surface area contributed by atoms with Gasteiger partial charge in [0.2, 0.25) is 0 Å². The number of aromatic amines is 1. The second-order valence-electron chi connectivity index (χ2n) is 3.83. The van der Waals surface area contributed by atoms with Crippen LogP contribution in [-0.4, -0.2) is 16.5 Å². The zero-order chi connectivity index (χ0) is 11.4. The number of allylic oxidation sites excluding steroid dienone is 1. The Balaban J connectivity index is 1.89. The molecule has 0 unspecified atom stereocenters. The first-order chi connectivity index (χ1) is 7.77. The summed E-state index contributed by atoms with van der Waals surface area (Å²) in [6.07, 6.45) is 8.45. The van der Waals surface area contributed by atoms with E-state index < -0.39 is 0 Å². The second kappa shape index (κ2) is 5.30. The van der Waals surface area contributed by atoms with Crippen LogP contribution in [0, 0.1) is 0 Å². The molecule has 0 saturated heterocycles. The SMILES string of the molecule is O=c1[nH]cnc(NCCC2=CCCC2)c1Br. The maximum atomic E-state index is 11.3. The zero-order valence-corrected chi connectivity index (χ0v) is 10.5. The van der Waals surface area contributed by atoms with Gasteiger partial charge in [-0.3, -0.25) is 4.79 Å². The lowest BCUT2D eigenvalue weighted by Crippen LogP contribution is -2.13. The van der Waals surface area contributed by atoms with E-state index in [-0.39, 0.29) is 5.56 Å². The van der Waals surface area contributed by atoms with Gasteiger partial charge < -0.3 is 10.3 Å². The lowest BCUT2D eigenvalue weighted by molar-refractivity contribution is 0.861. The van der Waals surface area contributed by atoms with Crippen LogP contribution < -0.4 is 10.9 Å². The first kappa shape index (κ1) is 11.4. The van der Waals surface area contributed by atoms with Crippen LogP contribution in [0.4, 0.5) is 5.82 Å². The van der Waals surface area contributed by atoms with E-state index in [9.17, 15) is 4.79 Å². The van der Waals surface area contributed by atoms with E-state index >= 15 is 0 Å². The van der Waals surface area contributed by atoms with Crippen molar-refractivity contribution in [2.24, 2.45) is 0 Å². The quantitative estimate of drug-likeness (QED) is 0.835. The molecule has 2 N–H and O–H groups in total. The van der Waals surface area contributed by atoms with Crippen molar-refractivity contribution in [1.29, 1.82) is 0 Å². The highest BCUT2D eigenvalue weighted by Gasteiger charge is 2.06. The van der Waals surface area contributed by atoms with Crippen LogP contribution in [0.5, 0.6) is 0 Å². The Bertz CT molecular complexity index is 453. The highest BCUT2D eigenvalue weighted by atomic mass is 79.9. The molecule has 0 radical (unpaired) electrons. The Morgan fingerprint density at radius 2 is 2.44 bits per heavy atom. The molecular formula is C11H14BrN3O. The minimum atomic E-state index is -0.155. The second-order valence-corrected chi connectivity index (χ2v) is 4.62. The van der Waals surface area contributed by atoms with E-state index in [4.69, 9.17) is 0 Å². The molecule has 1 heterocycles. The topological polar surface area (TPSA) is 57.8 Å². The summed E-state index contributed by atoms with van der Waals surface area (Å²) in [5.74, 6) is 0.613. The lowest BCUT2D eigenvalue weighted by Gasteiger charge is -2.06. The summed E-state index contributed by atoms with van der Waals surface area (Å²) in [5.41, 5.74) is 1.35. The summed E-state index contributed by atoms with van der Waals surface area (Å²) in [7, 11) is 0. The number of rotatable bonds is 4. The van der Waals surface area contributed by atoms with Gasteiger partial charge in [-0.15, -0.1) is 0 Å². The van der Waals surface area contributed by atoms with E-state index in [2.05, 4.69) is 37.3 Å². The van der Waals surface area contributed by atoms with Crippen LogP contribution in [0.15, 0.2) is 27.2 Å². The van der Waals surface area contributed by atoms with Gasteiger partial charge in [0.15, 0.2) is 0 Å². The van der Waals surface area contributed by atoms with Crippen LogP contribution in [0.25, 0.3) is 0 Å². The molecule has 5 heteroatoms. The number of halogens is 1. The Hall–Kier alpha value is -1.10. The molecule has 0 bridgehead atoms. The summed E-state index contributed by atoms with van der Waals surface area (Å²) in [5, 5.41) is 3.16. The van der Waals surface area contributed by atoms with Crippen LogP contribution >= 0.6 is 15.9 Å². The number of hydrogen-bond acceptors (Lipinski definition) is 3. The molecule has 0 aromatic carbocycles. The molecule has 16 heavy (non-hydrogen) atoms. The number of aromatic nitrogens is 2. The van der Waals surface area contributed by atoms with E-state index in [1.165, 1.54) is 31.2 Å². The Kier molecular flexibility index (Phi) is 3.77. The molecule has 1 aliphatic carbocycles. The van der Waals surface area contributed by atoms with Crippen molar-refractivity contribution in [3.8, 4) is 0 Å². The van der Waals surface area contributed by atoms with Crippen molar-refractivity contribution in [3.63, 3.8) is 0 Å². The lowest BCUT2D eigenvalue weighted by atomic mass is 10.2. The van der Waals surface area contributed by atoms with Gasteiger partial charge in [0.05, 0.1) is 6.33 Å². The van der Waals surface area contributed by atoms with E-state index in [1.807, 2.05) is 0 Å². The molecular weight excluding hydrogens is 270 g/mol. The van der Waals surface area contributed by atoms with E-state index in [0.717, 1.165) is 13.0 Å². The number of nitrogens with zero attached hydrogens (tertiary/aromatic N) is 1. The third-order valence-electron chi connectivity index (χ3n) is 2.67. The van der Waals surface area contributed by atoms with Crippen molar-refractivity contribution >= 4 is 21.7 Å². The average Bonchev–Trinajstić information content (AvgIpc) is 2.77. The Morgan fingerprint density at radius 1 is 1.56 bits per heavy atom. The van der Waals surface area contributed by atoms with Gasteiger partial charge in [-0.25, -0.2) is 4.98 Å². The van der Waals surface area contributed by atoms with Crippen LogP contribution in [0.1, 0.15) is 25.7 Å². The summed E-state index contributed by atoms with van der Waals surface area (Å²) >= 11 is 3.21. The van der Waals surface area contributed by atoms with Gasteiger partial charge in [-0.2, -0.15) is 0 Å². The fraction of sp³-hybridized carbons (Fsp3) is 0.455. The van der Waals surface area contributed by atoms with Gasteiger partial charge in [-0.1, -0.05) is 11.6 Å². The van der Waals surface area contributed by atoms with E-state index in [1.54, 1.807) is 0 Å². The van der Waals surface area contributed by atoms with Crippen LogP contribution in [0.3, 0.4) is 0 Å². The van der Waals surface area contributed by atoms with Gasteiger partial charge in [-0.05, 0) is 41.6 Å². The largest absolute Gasteiger partial charge is 0.369 e. The molecule has 0 aliphatic heterocycles. The molecule has 2 rings (SSSR count). The monoisotopic (exact) mass is 283 g/mol. The molecule has 0 amide bonds. The zero-order valence-electron chi connectivity index (χ0n) is 8.92. The highest BCUT2D eigenvalue weighted by molar-refractivity contribution is 9.10. The van der Waals surface area contributed by atoms with Gasteiger partial charge in [0.25, 0.3) is 5.56 Å². The first-order valence-electron chi connectivity index (χ1n) is 5.42. The molecule has 1 aromatic rings.